The lowest BCUT2D eigenvalue weighted by Crippen LogP contribution is -2.15. The Bertz CT molecular complexity index is 564. The maximum atomic E-state index is 5.44. The third kappa shape index (κ3) is 3.21. The molecule has 0 amide bonds. The minimum absolute atomic E-state index is 0.0162. The Kier molecular flexibility index (Phi) is 4.46. The van der Waals surface area contributed by atoms with Gasteiger partial charge in [0.1, 0.15) is 23.8 Å². The maximum Gasteiger partial charge on any atom is 0.154 e. The van der Waals surface area contributed by atoms with Gasteiger partial charge in [-0.15, -0.1) is 10.2 Å². The average molecular weight is 276 g/mol. The lowest BCUT2D eigenvalue weighted by atomic mass is 10.3. The molecule has 8 nitrogen and oxygen atoms in total. The number of anilines is 2. The molecule has 0 saturated carbocycles. The first-order chi connectivity index (χ1) is 9.63. The lowest BCUT2D eigenvalue weighted by Gasteiger charge is -2.15. The van der Waals surface area contributed by atoms with E-state index in [2.05, 4.69) is 37.8 Å². The number of hydrogen-bond acceptors (Lipinski definition) is 7. The SMILES string of the molecule is CCCc1nc(NN)cc(NC(C)c2nncn2C)n1. The summed E-state index contributed by atoms with van der Waals surface area (Å²) in [5, 5.41) is 11.2. The van der Waals surface area contributed by atoms with Crippen molar-refractivity contribution in [2.24, 2.45) is 12.9 Å². The third-order valence-electron chi connectivity index (χ3n) is 2.89. The summed E-state index contributed by atoms with van der Waals surface area (Å²) < 4.78 is 1.87. The van der Waals surface area contributed by atoms with E-state index in [0.717, 1.165) is 24.5 Å². The molecule has 2 heterocycles. The normalized spacial score (nSPS) is 12.2. The number of aromatic nitrogens is 5. The number of aryl methyl sites for hydroxylation is 2. The fraction of sp³-hybridized carbons (Fsp3) is 0.500. The van der Waals surface area contributed by atoms with E-state index < -0.39 is 0 Å². The summed E-state index contributed by atoms with van der Waals surface area (Å²) in [6.07, 6.45) is 3.46. The second kappa shape index (κ2) is 6.29. The Balaban J connectivity index is 2.19. The molecular weight excluding hydrogens is 256 g/mol. The van der Waals surface area contributed by atoms with E-state index in [1.807, 2.05) is 18.5 Å². The van der Waals surface area contributed by atoms with Gasteiger partial charge in [0.15, 0.2) is 5.82 Å². The molecule has 2 rings (SSSR count). The number of nitrogens with two attached hydrogens (primary N) is 1. The van der Waals surface area contributed by atoms with Crippen molar-refractivity contribution in [2.45, 2.75) is 32.7 Å². The zero-order chi connectivity index (χ0) is 14.5. The van der Waals surface area contributed by atoms with Crippen LogP contribution in [0, 0.1) is 0 Å². The van der Waals surface area contributed by atoms with Gasteiger partial charge in [-0.2, -0.15) is 0 Å². The number of rotatable bonds is 6. The van der Waals surface area contributed by atoms with Gasteiger partial charge in [-0.3, -0.25) is 0 Å². The van der Waals surface area contributed by atoms with Crippen LogP contribution in [0.2, 0.25) is 0 Å². The van der Waals surface area contributed by atoms with Crippen LogP contribution in [0.5, 0.6) is 0 Å². The van der Waals surface area contributed by atoms with Gasteiger partial charge in [0.25, 0.3) is 0 Å². The molecule has 2 aromatic heterocycles. The van der Waals surface area contributed by atoms with Crippen molar-refractivity contribution in [1.29, 1.82) is 0 Å². The quantitative estimate of drug-likeness (QED) is 0.534. The van der Waals surface area contributed by atoms with Crippen molar-refractivity contribution in [3.8, 4) is 0 Å². The van der Waals surface area contributed by atoms with Gasteiger partial charge in [-0.05, 0) is 13.3 Å². The van der Waals surface area contributed by atoms with Crippen LogP contribution in [-0.2, 0) is 13.5 Å². The highest BCUT2D eigenvalue weighted by Gasteiger charge is 2.13. The molecule has 0 aromatic carbocycles. The molecule has 0 bridgehead atoms. The van der Waals surface area contributed by atoms with Crippen LogP contribution in [0.25, 0.3) is 0 Å². The molecule has 0 saturated heterocycles. The highest BCUT2D eigenvalue weighted by atomic mass is 15.3. The predicted molar refractivity (Wildman–Crippen MR) is 76.9 cm³/mol. The molecule has 8 heteroatoms. The number of nitrogens with zero attached hydrogens (tertiary/aromatic N) is 5. The Morgan fingerprint density at radius 3 is 2.70 bits per heavy atom. The van der Waals surface area contributed by atoms with E-state index in [-0.39, 0.29) is 6.04 Å². The number of hydrazine groups is 1. The molecule has 108 valence electrons. The van der Waals surface area contributed by atoms with Crippen LogP contribution in [0.1, 0.15) is 38.0 Å². The minimum Gasteiger partial charge on any atom is -0.360 e. The molecule has 4 N–H and O–H groups in total. The first kappa shape index (κ1) is 14.2. The second-order valence-electron chi connectivity index (χ2n) is 4.62. The van der Waals surface area contributed by atoms with Crippen molar-refractivity contribution in [1.82, 2.24) is 24.7 Å². The van der Waals surface area contributed by atoms with Crippen LogP contribution >= 0.6 is 0 Å². The van der Waals surface area contributed by atoms with Crippen LogP contribution < -0.4 is 16.6 Å². The van der Waals surface area contributed by atoms with E-state index in [4.69, 9.17) is 5.84 Å². The van der Waals surface area contributed by atoms with E-state index >= 15 is 0 Å². The van der Waals surface area contributed by atoms with Gasteiger partial charge < -0.3 is 15.3 Å². The number of hydrogen-bond donors (Lipinski definition) is 3. The summed E-state index contributed by atoms with van der Waals surface area (Å²) in [4.78, 5) is 8.78. The minimum atomic E-state index is -0.0162. The lowest BCUT2D eigenvalue weighted by molar-refractivity contribution is 0.714. The van der Waals surface area contributed by atoms with Crippen molar-refractivity contribution in [3.05, 3.63) is 24.0 Å². The van der Waals surface area contributed by atoms with E-state index in [9.17, 15) is 0 Å². The van der Waals surface area contributed by atoms with E-state index in [1.54, 1.807) is 12.4 Å². The molecule has 0 aliphatic heterocycles. The molecule has 0 aliphatic rings. The Morgan fingerprint density at radius 1 is 1.35 bits per heavy atom. The summed E-state index contributed by atoms with van der Waals surface area (Å²) in [5.74, 6) is 8.34. The fourth-order valence-electron chi connectivity index (χ4n) is 1.95. The van der Waals surface area contributed by atoms with Gasteiger partial charge in [-0.25, -0.2) is 15.8 Å². The molecule has 2 aromatic rings. The number of nitrogen functional groups attached to an aromatic ring is 1. The van der Waals surface area contributed by atoms with Crippen LogP contribution in [0.4, 0.5) is 11.6 Å². The molecule has 0 spiro atoms. The van der Waals surface area contributed by atoms with Gasteiger partial charge in [0.05, 0.1) is 6.04 Å². The molecule has 20 heavy (non-hydrogen) atoms. The molecule has 1 atom stereocenters. The topological polar surface area (TPSA) is 107 Å². The number of nitrogens with one attached hydrogen (secondary N) is 2. The van der Waals surface area contributed by atoms with Gasteiger partial charge in [0.2, 0.25) is 0 Å². The fourth-order valence-corrected chi connectivity index (χ4v) is 1.95. The van der Waals surface area contributed by atoms with Crippen LogP contribution in [0.15, 0.2) is 12.4 Å². The summed E-state index contributed by atoms with van der Waals surface area (Å²) in [6.45, 7) is 4.09. The first-order valence-electron chi connectivity index (χ1n) is 6.59. The van der Waals surface area contributed by atoms with Gasteiger partial charge in [0, 0.05) is 19.5 Å². The predicted octanol–water partition coefficient (Wildman–Crippen LogP) is 1.02. The van der Waals surface area contributed by atoms with Gasteiger partial charge >= 0.3 is 0 Å². The van der Waals surface area contributed by atoms with Crippen molar-refractivity contribution in [3.63, 3.8) is 0 Å². The van der Waals surface area contributed by atoms with Crippen LogP contribution in [0.3, 0.4) is 0 Å². The van der Waals surface area contributed by atoms with Crippen molar-refractivity contribution >= 4 is 11.6 Å². The first-order valence-corrected chi connectivity index (χ1v) is 6.59. The molecular formula is C12H20N8. The smallest absolute Gasteiger partial charge is 0.154 e. The van der Waals surface area contributed by atoms with E-state index in [0.29, 0.717) is 11.6 Å². The summed E-state index contributed by atoms with van der Waals surface area (Å²) >= 11 is 0. The zero-order valence-corrected chi connectivity index (χ0v) is 12.0. The van der Waals surface area contributed by atoms with E-state index in [1.165, 1.54) is 0 Å². The van der Waals surface area contributed by atoms with Crippen LogP contribution in [-0.4, -0.2) is 24.7 Å². The Labute approximate surface area is 117 Å². The summed E-state index contributed by atoms with van der Waals surface area (Å²) in [6, 6.07) is 1.75. The standard InChI is InChI=1S/C12H20N8/c1-4-5-9-16-10(6-11(17-9)18-13)15-8(2)12-19-14-7-20(12)3/h6-8H,4-5,13H2,1-3H3,(H2,15,16,17,18). The summed E-state index contributed by atoms with van der Waals surface area (Å²) in [7, 11) is 1.91. The van der Waals surface area contributed by atoms with Crippen molar-refractivity contribution in [2.75, 3.05) is 10.7 Å². The highest BCUT2D eigenvalue weighted by Crippen LogP contribution is 2.18. The molecule has 0 fully saturated rings. The Hall–Kier alpha value is -2.22. The molecule has 0 radical (unpaired) electrons. The monoisotopic (exact) mass is 276 g/mol. The Morgan fingerprint density at radius 2 is 2.10 bits per heavy atom. The maximum absolute atomic E-state index is 5.44. The highest BCUT2D eigenvalue weighted by molar-refractivity contribution is 5.47. The van der Waals surface area contributed by atoms with Crippen molar-refractivity contribution < 1.29 is 0 Å². The second-order valence-corrected chi connectivity index (χ2v) is 4.62. The largest absolute Gasteiger partial charge is 0.360 e. The van der Waals surface area contributed by atoms with Gasteiger partial charge in [-0.1, -0.05) is 6.92 Å². The molecule has 1 unspecified atom stereocenters. The average Bonchev–Trinajstić information content (AvgIpc) is 2.85. The third-order valence-corrected chi connectivity index (χ3v) is 2.89. The summed E-state index contributed by atoms with van der Waals surface area (Å²) in [5.41, 5.74) is 2.56. The zero-order valence-electron chi connectivity index (χ0n) is 12.0. The molecule has 0 aliphatic carbocycles.